The molecule has 1 aromatic carbocycles. The number of para-hydroxylation sites is 1. The van der Waals surface area contributed by atoms with Gasteiger partial charge in [0.25, 0.3) is 0 Å². The van der Waals surface area contributed by atoms with E-state index >= 15 is 0 Å². The summed E-state index contributed by atoms with van der Waals surface area (Å²) in [5.74, 6) is 2.28. The van der Waals surface area contributed by atoms with Gasteiger partial charge < -0.3 is 15.1 Å². The number of rotatable bonds is 6. The smallest absolute Gasteiger partial charge is 0.225 e. The fourth-order valence-corrected chi connectivity index (χ4v) is 3.10. The molecule has 0 saturated heterocycles. The number of hydrogen-bond acceptors (Lipinski definition) is 6. The van der Waals surface area contributed by atoms with E-state index in [-0.39, 0.29) is 0 Å². The van der Waals surface area contributed by atoms with E-state index in [9.17, 15) is 0 Å². The number of benzene rings is 1. The summed E-state index contributed by atoms with van der Waals surface area (Å²) in [6.45, 7) is 1.30. The van der Waals surface area contributed by atoms with Gasteiger partial charge in [0, 0.05) is 10.3 Å². The average Bonchev–Trinajstić information content (AvgIpc) is 3.31. The minimum atomic E-state index is 0.582. The Morgan fingerprint density at radius 2 is 1.88 bits per heavy atom. The van der Waals surface area contributed by atoms with Crippen LogP contribution in [0.1, 0.15) is 10.6 Å². The summed E-state index contributed by atoms with van der Waals surface area (Å²) in [5.41, 5.74) is 0.906. The molecule has 24 heavy (non-hydrogen) atoms. The number of anilines is 2. The zero-order chi connectivity index (χ0) is 16.2. The SMILES string of the molecule is c1coc(CNc2nc(NCc3cccs3)nc3ccccc23)c1. The summed E-state index contributed by atoms with van der Waals surface area (Å²) in [6.07, 6.45) is 1.67. The van der Waals surface area contributed by atoms with E-state index in [0.29, 0.717) is 19.0 Å². The zero-order valence-electron chi connectivity index (χ0n) is 12.9. The molecule has 3 aromatic heterocycles. The number of nitrogens with zero attached hydrogens (tertiary/aromatic N) is 2. The van der Waals surface area contributed by atoms with Gasteiger partial charge in [-0.1, -0.05) is 18.2 Å². The second kappa shape index (κ2) is 6.72. The van der Waals surface area contributed by atoms with E-state index in [1.54, 1.807) is 17.6 Å². The van der Waals surface area contributed by atoms with Crippen LogP contribution in [0.25, 0.3) is 10.9 Å². The van der Waals surface area contributed by atoms with Crippen molar-refractivity contribution >= 4 is 34.0 Å². The van der Waals surface area contributed by atoms with Crippen LogP contribution < -0.4 is 10.6 Å². The highest BCUT2D eigenvalue weighted by Gasteiger charge is 2.08. The number of aromatic nitrogens is 2. The Morgan fingerprint density at radius 3 is 2.71 bits per heavy atom. The molecule has 3 heterocycles. The second-order valence-electron chi connectivity index (χ2n) is 5.28. The molecule has 0 radical (unpaired) electrons. The molecule has 0 spiro atoms. The highest BCUT2D eigenvalue weighted by atomic mass is 32.1. The fourth-order valence-electron chi connectivity index (χ4n) is 2.45. The summed E-state index contributed by atoms with van der Waals surface area (Å²) in [6, 6.07) is 15.9. The van der Waals surface area contributed by atoms with Crippen LogP contribution in [0.4, 0.5) is 11.8 Å². The number of thiophene rings is 1. The van der Waals surface area contributed by atoms with Crippen LogP contribution in [0.5, 0.6) is 0 Å². The van der Waals surface area contributed by atoms with Crippen molar-refractivity contribution < 1.29 is 4.42 Å². The van der Waals surface area contributed by atoms with Crippen molar-refractivity contribution in [2.24, 2.45) is 0 Å². The molecule has 0 fully saturated rings. The van der Waals surface area contributed by atoms with Gasteiger partial charge in [0.15, 0.2) is 0 Å². The molecule has 6 heteroatoms. The molecule has 0 aliphatic carbocycles. The van der Waals surface area contributed by atoms with Crippen LogP contribution in [0.15, 0.2) is 64.6 Å². The van der Waals surface area contributed by atoms with Gasteiger partial charge in [0.1, 0.15) is 11.6 Å². The third kappa shape index (κ3) is 3.23. The Kier molecular flexibility index (Phi) is 4.12. The van der Waals surface area contributed by atoms with E-state index in [0.717, 1.165) is 22.5 Å². The standard InChI is InChI=1S/C18H16N4OS/c1-2-8-16-15(7-1)17(19-11-13-5-3-9-23-13)22-18(21-16)20-12-14-6-4-10-24-14/h1-10H,11-12H2,(H2,19,20,21,22). The Balaban J connectivity index is 1.60. The maximum Gasteiger partial charge on any atom is 0.225 e. The van der Waals surface area contributed by atoms with Crippen molar-refractivity contribution in [2.75, 3.05) is 10.6 Å². The Hall–Kier alpha value is -2.86. The molecule has 0 amide bonds. The highest BCUT2D eigenvalue weighted by molar-refractivity contribution is 7.09. The minimum Gasteiger partial charge on any atom is -0.467 e. The summed E-state index contributed by atoms with van der Waals surface area (Å²) in [4.78, 5) is 10.5. The monoisotopic (exact) mass is 336 g/mol. The molecule has 4 rings (SSSR count). The first-order valence-corrected chi connectivity index (χ1v) is 8.56. The lowest BCUT2D eigenvalue weighted by Gasteiger charge is -2.11. The van der Waals surface area contributed by atoms with Gasteiger partial charge in [0.05, 0.1) is 24.9 Å². The predicted molar refractivity (Wildman–Crippen MR) is 97.2 cm³/mol. The van der Waals surface area contributed by atoms with Gasteiger partial charge in [0.2, 0.25) is 5.95 Å². The van der Waals surface area contributed by atoms with Crippen LogP contribution >= 0.6 is 11.3 Å². The van der Waals surface area contributed by atoms with Crippen LogP contribution in [-0.4, -0.2) is 9.97 Å². The zero-order valence-corrected chi connectivity index (χ0v) is 13.7. The highest BCUT2D eigenvalue weighted by Crippen LogP contribution is 2.23. The van der Waals surface area contributed by atoms with E-state index in [1.807, 2.05) is 42.5 Å². The molecular weight excluding hydrogens is 320 g/mol. The van der Waals surface area contributed by atoms with Gasteiger partial charge in [-0.05, 0) is 35.7 Å². The van der Waals surface area contributed by atoms with E-state index < -0.39 is 0 Å². The first-order chi connectivity index (χ1) is 11.9. The molecule has 120 valence electrons. The number of hydrogen-bond donors (Lipinski definition) is 2. The van der Waals surface area contributed by atoms with E-state index in [1.165, 1.54) is 4.88 Å². The average molecular weight is 336 g/mol. The van der Waals surface area contributed by atoms with Crippen molar-refractivity contribution in [3.63, 3.8) is 0 Å². The van der Waals surface area contributed by atoms with Crippen LogP contribution in [0, 0.1) is 0 Å². The lowest BCUT2D eigenvalue weighted by Crippen LogP contribution is -2.07. The summed E-state index contributed by atoms with van der Waals surface area (Å²) in [5, 5.41) is 9.69. The lowest BCUT2D eigenvalue weighted by atomic mass is 10.2. The minimum absolute atomic E-state index is 0.582. The van der Waals surface area contributed by atoms with Gasteiger partial charge >= 0.3 is 0 Å². The molecule has 0 bridgehead atoms. The molecule has 0 aliphatic heterocycles. The van der Waals surface area contributed by atoms with Gasteiger partial charge in [-0.15, -0.1) is 11.3 Å². The third-order valence-corrected chi connectivity index (χ3v) is 4.49. The normalized spacial score (nSPS) is 10.8. The predicted octanol–water partition coefficient (Wildman–Crippen LogP) is 4.51. The van der Waals surface area contributed by atoms with E-state index in [4.69, 9.17) is 4.42 Å². The molecule has 2 N–H and O–H groups in total. The van der Waals surface area contributed by atoms with Crippen molar-refractivity contribution in [3.8, 4) is 0 Å². The van der Waals surface area contributed by atoms with Crippen molar-refractivity contribution in [1.29, 1.82) is 0 Å². The van der Waals surface area contributed by atoms with Gasteiger partial charge in [-0.2, -0.15) is 4.98 Å². The quantitative estimate of drug-likeness (QED) is 0.542. The van der Waals surface area contributed by atoms with Crippen LogP contribution in [0.2, 0.25) is 0 Å². The van der Waals surface area contributed by atoms with E-state index in [2.05, 4.69) is 32.0 Å². The van der Waals surface area contributed by atoms with Gasteiger partial charge in [-0.3, -0.25) is 0 Å². The van der Waals surface area contributed by atoms with Crippen LogP contribution in [0.3, 0.4) is 0 Å². The first-order valence-electron chi connectivity index (χ1n) is 7.68. The lowest BCUT2D eigenvalue weighted by molar-refractivity contribution is 0.518. The van der Waals surface area contributed by atoms with Crippen LogP contribution in [-0.2, 0) is 13.1 Å². The van der Waals surface area contributed by atoms with Crippen molar-refractivity contribution in [3.05, 3.63) is 70.8 Å². The molecule has 0 saturated carbocycles. The molecule has 5 nitrogen and oxygen atoms in total. The van der Waals surface area contributed by atoms with Gasteiger partial charge in [-0.25, -0.2) is 4.98 Å². The summed E-state index contributed by atoms with van der Waals surface area (Å²) >= 11 is 1.71. The Bertz CT molecular complexity index is 920. The topological polar surface area (TPSA) is 63.0 Å². The summed E-state index contributed by atoms with van der Waals surface area (Å²) in [7, 11) is 0. The maximum absolute atomic E-state index is 5.37. The largest absolute Gasteiger partial charge is 0.467 e. The number of furan rings is 1. The fraction of sp³-hybridized carbons (Fsp3) is 0.111. The Morgan fingerprint density at radius 1 is 0.917 bits per heavy atom. The Labute approximate surface area is 143 Å². The first kappa shape index (κ1) is 14.7. The van der Waals surface area contributed by atoms with Crippen molar-refractivity contribution in [1.82, 2.24) is 9.97 Å². The summed E-state index contributed by atoms with van der Waals surface area (Å²) < 4.78 is 5.37. The van der Waals surface area contributed by atoms with Crippen molar-refractivity contribution in [2.45, 2.75) is 13.1 Å². The molecule has 0 atom stereocenters. The number of nitrogens with one attached hydrogen (secondary N) is 2. The third-order valence-electron chi connectivity index (χ3n) is 3.61. The number of fused-ring (bicyclic) bond motifs is 1. The second-order valence-corrected chi connectivity index (χ2v) is 6.31. The molecule has 4 aromatic rings. The molecular formula is C18H16N4OS. The maximum atomic E-state index is 5.37. The molecule has 0 unspecified atom stereocenters. The molecule has 0 aliphatic rings.